The van der Waals surface area contributed by atoms with Crippen LogP contribution in [0.25, 0.3) is 10.8 Å². The van der Waals surface area contributed by atoms with E-state index >= 15 is 0 Å². The third kappa shape index (κ3) is 4.16. The van der Waals surface area contributed by atoms with Gasteiger partial charge in [-0.05, 0) is 37.9 Å². The van der Waals surface area contributed by atoms with Crippen LogP contribution in [-0.4, -0.2) is 23.2 Å². The molecule has 104 valence electrons. The van der Waals surface area contributed by atoms with Crippen molar-refractivity contribution in [1.82, 2.24) is 10.3 Å². The molecule has 4 nitrogen and oxygen atoms in total. The fraction of sp³-hybridized carbons (Fsp3) is 0.500. The van der Waals surface area contributed by atoms with Crippen molar-refractivity contribution >= 4 is 11.3 Å². The summed E-state index contributed by atoms with van der Waals surface area (Å²) >= 11 is 1.65. The van der Waals surface area contributed by atoms with Crippen LogP contribution in [0.2, 0.25) is 0 Å². The molecule has 5 heteroatoms. The summed E-state index contributed by atoms with van der Waals surface area (Å²) in [6.45, 7) is 6.04. The number of furan rings is 1. The largest absolute Gasteiger partial charge is 0.459 e. The van der Waals surface area contributed by atoms with Gasteiger partial charge in [-0.25, -0.2) is 4.98 Å². The highest BCUT2D eigenvalue weighted by molar-refractivity contribution is 7.14. The van der Waals surface area contributed by atoms with Crippen molar-refractivity contribution in [1.29, 1.82) is 0 Å². The second kappa shape index (κ2) is 6.84. The zero-order valence-electron chi connectivity index (χ0n) is 11.3. The highest BCUT2D eigenvalue weighted by atomic mass is 32.1. The summed E-state index contributed by atoms with van der Waals surface area (Å²) < 4.78 is 5.56. The van der Waals surface area contributed by atoms with E-state index in [1.807, 2.05) is 25.3 Å². The van der Waals surface area contributed by atoms with Gasteiger partial charge in [-0.1, -0.05) is 6.92 Å². The van der Waals surface area contributed by atoms with Gasteiger partial charge in [0.25, 0.3) is 0 Å². The Balaban J connectivity index is 1.84. The number of aryl methyl sites for hydroxylation is 1. The predicted molar refractivity (Wildman–Crippen MR) is 77.1 cm³/mol. The SMILES string of the molecule is Cc1ccc(-c2ncc(CNCC(C)CCO)s2)o1. The average Bonchev–Trinajstić information content (AvgIpc) is 2.98. The van der Waals surface area contributed by atoms with E-state index in [-0.39, 0.29) is 6.61 Å². The fourth-order valence-electron chi connectivity index (χ4n) is 1.82. The van der Waals surface area contributed by atoms with Crippen molar-refractivity contribution in [2.75, 3.05) is 13.2 Å². The van der Waals surface area contributed by atoms with Crippen molar-refractivity contribution in [3.05, 3.63) is 29.0 Å². The predicted octanol–water partition coefficient (Wildman–Crippen LogP) is 2.82. The Kier molecular flexibility index (Phi) is 5.13. The van der Waals surface area contributed by atoms with Crippen molar-refractivity contribution in [3.8, 4) is 10.8 Å². The number of hydrogen-bond acceptors (Lipinski definition) is 5. The molecule has 0 aromatic carbocycles. The average molecular weight is 280 g/mol. The molecular weight excluding hydrogens is 260 g/mol. The molecular formula is C14H20N2O2S. The first kappa shape index (κ1) is 14.2. The molecule has 2 aromatic rings. The zero-order valence-corrected chi connectivity index (χ0v) is 12.2. The summed E-state index contributed by atoms with van der Waals surface area (Å²) in [5.74, 6) is 2.23. The maximum Gasteiger partial charge on any atom is 0.162 e. The Labute approximate surface area is 117 Å². The van der Waals surface area contributed by atoms with Crippen LogP contribution in [0.15, 0.2) is 22.7 Å². The molecule has 0 spiro atoms. The van der Waals surface area contributed by atoms with Crippen LogP contribution in [0, 0.1) is 12.8 Å². The first-order valence-electron chi connectivity index (χ1n) is 6.52. The van der Waals surface area contributed by atoms with Crippen LogP contribution in [0.3, 0.4) is 0 Å². The van der Waals surface area contributed by atoms with Crippen molar-refractivity contribution in [2.24, 2.45) is 5.92 Å². The quantitative estimate of drug-likeness (QED) is 0.819. The number of nitrogens with one attached hydrogen (secondary N) is 1. The Morgan fingerprint density at radius 2 is 2.32 bits per heavy atom. The van der Waals surface area contributed by atoms with Crippen LogP contribution >= 0.6 is 11.3 Å². The van der Waals surface area contributed by atoms with Gasteiger partial charge in [-0.15, -0.1) is 11.3 Å². The lowest BCUT2D eigenvalue weighted by molar-refractivity contribution is 0.260. The van der Waals surface area contributed by atoms with Gasteiger partial charge >= 0.3 is 0 Å². The molecule has 0 bridgehead atoms. The van der Waals surface area contributed by atoms with E-state index in [0.717, 1.165) is 36.0 Å². The van der Waals surface area contributed by atoms with Gasteiger partial charge in [0, 0.05) is 24.2 Å². The van der Waals surface area contributed by atoms with Crippen LogP contribution in [0.5, 0.6) is 0 Å². The maximum atomic E-state index is 8.84. The molecule has 0 saturated heterocycles. The summed E-state index contributed by atoms with van der Waals surface area (Å²) in [5, 5.41) is 13.1. The van der Waals surface area contributed by atoms with E-state index in [1.165, 1.54) is 4.88 Å². The Morgan fingerprint density at radius 1 is 1.47 bits per heavy atom. The van der Waals surface area contributed by atoms with Gasteiger partial charge < -0.3 is 14.8 Å². The molecule has 2 rings (SSSR count). The zero-order chi connectivity index (χ0) is 13.7. The molecule has 1 atom stereocenters. The molecule has 1 unspecified atom stereocenters. The molecule has 19 heavy (non-hydrogen) atoms. The highest BCUT2D eigenvalue weighted by Crippen LogP contribution is 2.26. The van der Waals surface area contributed by atoms with Gasteiger partial charge in [-0.2, -0.15) is 0 Å². The molecule has 2 aromatic heterocycles. The van der Waals surface area contributed by atoms with Gasteiger partial charge in [0.1, 0.15) is 5.76 Å². The lowest BCUT2D eigenvalue weighted by atomic mass is 10.1. The third-order valence-corrected chi connectivity index (χ3v) is 3.93. The van der Waals surface area contributed by atoms with Crippen molar-refractivity contribution in [2.45, 2.75) is 26.8 Å². The highest BCUT2D eigenvalue weighted by Gasteiger charge is 2.08. The Morgan fingerprint density at radius 3 is 3.00 bits per heavy atom. The lowest BCUT2D eigenvalue weighted by Gasteiger charge is -2.09. The number of nitrogens with zero attached hydrogens (tertiary/aromatic N) is 1. The molecule has 2 heterocycles. The van der Waals surface area contributed by atoms with E-state index < -0.39 is 0 Å². The first-order chi connectivity index (χ1) is 9.19. The van der Waals surface area contributed by atoms with E-state index in [2.05, 4.69) is 17.2 Å². The first-order valence-corrected chi connectivity index (χ1v) is 7.33. The maximum absolute atomic E-state index is 8.84. The second-order valence-corrected chi connectivity index (χ2v) is 5.91. The van der Waals surface area contributed by atoms with Crippen LogP contribution in [0.4, 0.5) is 0 Å². The van der Waals surface area contributed by atoms with Crippen LogP contribution in [0.1, 0.15) is 24.0 Å². The molecule has 0 saturated carbocycles. The topological polar surface area (TPSA) is 58.3 Å². The van der Waals surface area contributed by atoms with Gasteiger partial charge in [0.15, 0.2) is 10.8 Å². The van der Waals surface area contributed by atoms with E-state index in [1.54, 1.807) is 11.3 Å². The van der Waals surface area contributed by atoms with E-state index in [0.29, 0.717) is 5.92 Å². The number of aliphatic hydroxyl groups is 1. The number of aromatic nitrogens is 1. The summed E-state index contributed by atoms with van der Waals surface area (Å²) in [6.07, 6.45) is 2.73. The molecule has 0 aliphatic carbocycles. The molecule has 0 fully saturated rings. The molecule has 2 N–H and O–H groups in total. The van der Waals surface area contributed by atoms with E-state index in [4.69, 9.17) is 9.52 Å². The number of thiazole rings is 1. The minimum Gasteiger partial charge on any atom is -0.459 e. The third-order valence-electron chi connectivity index (χ3n) is 2.92. The summed E-state index contributed by atoms with van der Waals surface area (Å²) in [5.41, 5.74) is 0. The molecule has 0 aliphatic heterocycles. The summed E-state index contributed by atoms with van der Waals surface area (Å²) in [4.78, 5) is 5.57. The van der Waals surface area contributed by atoms with Crippen molar-refractivity contribution < 1.29 is 9.52 Å². The summed E-state index contributed by atoms with van der Waals surface area (Å²) in [6, 6.07) is 3.90. The van der Waals surface area contributed by atoms with Crippen LogP contribution < -0.4 is 5.32 Å². The summed E-state index contributed by atoms with van der Waals surface area (Å²) in [7, 11) is 0. The molecule has 0 radical (unpaired) electrons. The number of aliphatic hydroxyl groups excluding tert-OH is 1. The lowest BCUT2D eigenvalue weighted by Crippen LogP contribution is -2.20. The number of rotatable bonds is 7. The normalized spacial score (nSPS) is 12.8. The van der Waals surface area contributed by atoms with Crippen LogP contribution in [-0.2, 0) is 6.54 Å². The monoisotopic (exact) mass is 280 g/mol. The van der Waals surface area contributed by atoms with Gasteiger partial charge in [0.2, 0.25) is 0 Å². The van der Waals surface area contributed by atoms with Crippen molar-refractivity contribution in [3.63, 3.8) is 0 Å². The van der Waals surface area contributed by atoms with Gasteiger partial charge in [-0.3, -0.25) is 0 Å². The van der Waals surface area contributed by atoms with E-state index in [9.17, 15) is 0 Å². The Bertz CT molecular complexity index is 507. The minimum absolute atomic E-state index is 0.255. The smallest absolute Gasteiger partial charge is 0.162 e. The standard InChI is InChI=1S/C14H20N2O2S/c1-10(5-6-17)7-15-8-12-9-16-14(19-12)13-4-3-11(2)18-13/h3-4,9-10,15,17H,5-8H2,1-2H3. The minimum atomic E-state index is 0.255. The number of hydrogen-bond donors (Lipinski definition) is 2. The van der Waals surface area contributed by atoms with Gasteiger partial charge in [0.05, 0.1) is 0 Å². The molecule has 0 aliphatic rings. The fourth-order valence-corrected chi connectivity index (χ4v) is 2.66. The Hall–Kier alpha value is -1.17. The second-order valence-electron chi connectivity index (χ2n) is 4.79. The molecule has 0 amide bonds.